The maximum absolute atomic E-state index is 14.6. The summed E-state index contributed by atoms with van der Waals surface area (Å²) < 4.78 is 11.1. The Labute approximate surface area is 291 Å². The van der Waals surface area contributed by atoms with E-state index >= 15 is 0 Å². The van der Waals surface area contributed by atoms with E-state index in [1.807, 2.05) is 50.3 Å². The summed E-state index contributed by atoms with van der Waals surface area (Å²) in [6, 6.07) is 9.50. The molecule has 0 bridgehead atoms. The van der Waals surface area contributed by atoms with Crippen molar-refractivity contribution in [1.82, 2.24) is 10.5 Å². The number of methoxy groups -OCH3 is 1. The van der Waals surface area contributed by atoms with E-state index in [-0.39, 0.29) is 64.1 Å². The lowest BCUT2D eigenvalue weighted by molar-refractivity contribution is -0.308. The van der Waals surface area contributed by atoms with Gasteiger partial charge >= 0.3 is 0 Å². The molecular formula is C41H56N2O6. The molecule has 8 nitrogen and oxygen atoms in total. The van der Waals surface area contributed by atoms with Gasteiger partial charge in [0.25, 0.3) is 0 Å². The number of nitrogens with one attached hydrogen (secondary N) is 1. The minimum absolute atomic E-state index is 0.0119. The molecule has 5 aliphatic carbocycles. The molecule has 1 heterocycles. The second-order valence-electron chi connectivity index (χ2n) is 18.4. The van der Waals surface area contributed by atoms with Gasteiger partial charge in [-0.15, -0.1) is 0 Å². The molecule has 0 spiro atoms. The van der Waals surface area contributed by atoms with Crippen molar-refractivity contribution < 1.29 is 29.1 Å². The summed E-state index contributed by atoms with van der Waals surface area (Å²) >= 11 is 0. The second kappa shape index (κ2) is 11.0. The van der Waals surface area contributed by atoms with E-state index in [1.165, 1.54) is 5.57 Å². The number of rotatable bonds is 5. The minimum Gasteiger partial charge on any atom is -0.496 e. The summed E-state index contributed by atoms with van der Waals surface area (Å²) in [5.74, 6) is -0.229. The molecule has 266 valence electrons. The number of hydrogen-bond acceptors (Lipinski definition) is 7. The number of amides is 1. The summed E-state index contributed by atoms with van der Waals surface area (Å²) in [4.78, 5) is 28.7. The minimum atomic E-state index is -1.74. The SMILES string of the molecule is COc1ccccc1-c1cc(CNC(=O)[C@@]2(C)CC[C@]3(C)CC[C@]4(C)C(=CC(=O)C5[C@@]6(C)CCC(O)(O)C(C)(C)C6CC[C@]54C)[C@H]3C2)on1. The van der Waals surface area contributed by atoms with Crippen molar-refractivity contribution in [3.05, 3.63) is 47.7 Å². The molecule has 49 heavy (non-hydrogen) atoms. The monoisotopic (exact) mass is 672 g/mol. The van der Waals surface area contributed by atoms with Crippen molar-refractivity contribution in [3.63, 3.8) is 0 Å². The maximum atomic E-state index is 14.6. The Bertz CT molecular complexity index is 1710. The number of para-hydroxylation sites is 1. The maximum Gasteiger partial charge on any atom is 0.226 e. The van der Waals surface area contributed by atoms with Gasteiger partial charge in [-0.1, -0.05) is 71.3 Å². The quantitative estimate of drug-likeness (QED) is 0.279. The predicted octanol–water partition coefficient (Wildman–Crippen LogP) is 7.63. The first kappa shape index (κ1) is 34.5. The van der Waals surface area contributed by atoms with Gasteiger partial charge in [0.05, 0.1) is 13.7 Å². The van der Waals surface area contributed by atoms with Crippen LogP contribution in [0.1, 0.15) is 112 Å². The number of benzene rings is 1. The van der Waals surface area contributed by atoms with Crippen LogP contribution in [0.15, 0.2) is 46.5 Å². The fourth-order valence-corrected chi connectivity index (χ4v) is 12.1. The average molecular weight is 673 g/mol. The lowest BCUT2D eigenvalue weighted by atomic mass is 9.33. The van der Waals surface area contributed by atoms with E-state index in [9.17, 15) is 19.8 Å². The Morgan fingerprint density at radius 1 is 0.980 bits per heavy atom. The van der Waals surface area contributed by atoms with Gasteiger partial charge in [-0.05, 0) is 103 Å². The number of aliphatic hydroxyl groups is 2. The van der Waals surface area contributed by atoms with Crippen LogP contribution in [0.5, 0.6) is 5.75 Å². The Morgan fingerprint density at radius 3 is 2.43 bits per heavy atom. The number of nitrogens with zero attached hydrogens (tertiary/aromatic N) is 1. The third-order valence-electron chi connectivity index (χ3n) is 15.7. The van der Waals surface area contributed by atoms with Crippen LogP contribution in [-0.2, 0) is 16.1 Å². The molecule has 8 atom stereocenters. The van der Waals surface area contributed by atoms with E-state index < -0.39 is 16.6 Å². The Morgan fingerprint density at radius 2 is 1.69 bits per heavy atom. The normalized spacial score (nSPS) is 40.6. The van der Waals surface area contributed by atoms with E-state index in [1.54, 1.807) is 7.11 Å². The molecular weight excluding hydrogens is 616 g/mol. The summed E-state index contributed by atoms with van der Waals surface area (Å²) in [6.07, 6.45) is 9.23. The largest absolute Gasteiger partial charge is 0.496 e. The van der Waals surface area contributed by atoms with Crippen LogP contribution in [0.2, 0.25) is 0 Å². The van der Waals surface area contributed by atoms with Crippen molar-refractivity contribution in [2.75, 3.05) is 7.11 Å². The van der Waals surface area contributed by atoms with Gasteiger partial charge in [-0.3, -0.25) is 9.59 Å². The molecule has 0 radical (unpaired) electrons. The summed E-state index contributed by atoms with van der Waals surface area (Å²) in [5.41, 5.74) is 0.753. The van der Waals surface area contributed by atoms with Gasteiger partial charge in [0.15, 0.2) is 17.3 Å². The third-order valence-corrected chi connectivity index (χ3v) is 15.7. The fourth-order valence-electron chi connectivity index (χ4n) is 12.1. The number of carbonyl (C=O) groups excluding carboxylic acids is 2. The molecule has 1 aromatic carbocycles. The first-order valence-corrected chi connectivity index (χ1v) is 18.4. The van der Waals surface area contributed by atoms with Crippen molar-refractivity contribution in [3.8, 4) is 17.0 Å². The van der Waals surface area contributed by atoms with Gasteiger partial charge in [-0.25, -0.2) is 0 Å². The zero-order valence-electron chi connectivity index (χ0n) is 30.7. The number of ketones is 1. The second-order valence-corrected chi connectivity index (χ2v) is 18.4. The van der Waals surface area contributed by atoms with Crippen molar-refractivity contribution in [2.24, 2.45) is 50.2 Å². The van der Waals surface area contributed by atoms with Crippen molar-refractivity contribution >= 4 is 11.7 Å². The summed E-state index contributed by atoms with van der Waals surface area (Å²) in [6.45, 7) is 15.7. The van der Waals surface area contributed by atoms with Gasteiger partial charge in [0.2, 0.25) is 5.91 Å². The third kappa shape index (κ3) is 4.78. The van der Waals surface area contributed by atoms with Crippen LogP contribution < -0.4 is 10.1 Å². The molecule has 0 aliphatic heterocycles. The van der Waals surface area contributed by atoms with Crippen LogP contribution in [0.3, 0.4) is 0 Å². The summed E-state index contributed by atoms with van der Waals surface area (Å²) in [5, 5.41) is 29.5. The van der Waals surface area contributed by atoms with E-state index in [0.717, 1.165) is 44.1 Å². The number of allylic oxidation sites excluding steroid dienone is 2. The van der Waals surface area contributed by atoms with Crippen LogP contribution in [0.4, 0.5) is 0 Å². The summed E-state index contributed by atoms with van der Waals surface area (Å²) in [7, 11) is 1.63. The van der Waals surface area contributed by atoms with Crippen LogP contribution in [-0.4, -0.2) is 40.0 Å². The highest BCUT2D eigenvalue weighted by atomic mass is 16.5. The van der Waals surface area contributed by atoms with Crippen LogP contribution in [0, 0.1) is 50.2 Å². The highest BCUT2D eigenvalue weighted by Gasteiger charge is 2.71. The molecule has 7 rings (SSSR count). The van der Waals surface area contributed by atoms with Crippen LogP contribution in [0.25, 0.3) is 11.3 Å². The number of hydrogen-bond donors (Lipinski definition) is 3. The first-order valence-electron chi connectivity index (χ1n) is 18.4. The van der Waals surface area contributed by atoms with E-state index in [4.69, 9.17) is 9.26 Å². The van der Waals surface area contributed by atoms with Gasteiger partial charge in [0, 0.05) is 34.8 Å². The first-order chi connectivity index (χ1) is 22.9. The number of carbonyl (C=O) groups is 2. The molecule has 3 N–H and O–H groups in total. The number of fused-ring (bicyclic) bond motifs is 7. The Kier molecular flexibility index (Phi) is 7.75. The molecule has 2 aromatic rings. The number of aromatic nitrogens is 1. The average Bonchev–Trinajstić information content (AvgIpc) is 3.53. The molecule has 1 amide bonds. The fraction of sp³-hybridized carbons (Fsp3) is 0.683. The topological polar surface area (TPSA) is 122 Å². The zero-order valence-corrected chi connectivity index (χ0v) is 30.7. The Balaban J connectivity index is 1.14. The molecule has 2 unspecified atom stereocenters. The Hall–Kier alpha value is -2.97. The molecule has 5 aliphatic rings. The van der Waals surface area contributed by atoms with Gasteiger partial charge < -0.3 is 24.8 Å². The van der Waals surface area contributed by atoms with E-state index in [0.29, 0.717) is 30.0 Å². The lowest BCUT2D eigenvalue weighted by Gasteiger charge is -2.71. The molecule has 0 saturated heterocycles. The molecule has 4 saturated carbocycles. The number of ether oxygens (including phenoxy) is 1. The molecule has 4 fully saturated rings. The molecule has 1 aromatic heterocycles. The smallest absolute Gasteiger partial charge is 0.226 e. The van der Waals surface area contributed by atoms with E-state index in [2.05, 4.69) is 45.1 Å². The highest BCUT2D eigenvalue weighted by molar-refractivity contribution is 5.95. The standard InChI is InChI=1S/C41H56N2O6/c1-35(2)32-13-14-40(7)33(38(32,5)18-20-41(35,46)47)30(44)22-27-28-23-37(4,16-15-36(28,3)17-19-39(27,40)6)34(45)42-24-25-21-29(43-49-25)26-11-9-10-12-31(26)48-8/h9-12,21-22,28,32-33,46-47H,13-20,23-24H2,1-8H3,(H,42,45)/t28-,32?,33?,36-,37+,38+,39-,40-/m1/s1. The zero-order chi connectivity index (χ0) is 35.4. The van der Waals surface area contributed by atoms with Gasteiger partial charge in [-0.2, -0.15) is 0 Å². The lowest BCUT2D eigenvalue weighted by Crippen LogP contribution is -2.68. The van der Waals surface area contributed by atoms with Crippen LogP contribution >= 0.6 is 0 Å². The predicted molar refractivity (Wildman–Crippen MR) is 187 cm³/mol. The highest BCUT2D eigenvalue weighted by Crippen LogP contribution is 2.75. The van der Waals surface area contributed by atoms with Gasteiger partial charge in [0.1, 0.15) is 11.4 Å². The molecule has 8 heteroatoms. The van der Waals surface area contributed by atoms with Crippen molar-refractivity contribution in [2.45, 2.75) is 119 Å². The van der Waals surface area contributed by atoms with Crippen molar-refractivity contribution in [1.29, 1.82) is 0 Å².